The molecule has 0 aliphatic carbocycles. The van der Waals surface area contributed by atoms with Crippen molar-refractivity contribution in [2.45, 2.75) is 19.3 Å². The van der Waals surface area contributed by atoms with E-state index in [1.807, 2.05) is 47.4 Å². The van der Waals surface area contributed by atoms with Crippen LogP contribution < -0.4 is 15.5 Å². The summed E-state index contributed by atoms with van der Waals surface area (Å²) < 4.78 is 0. The normalized spacial score (nSPS) is 14.3. The fourth-order valence-electron chi connectivity index (χ4n) is 3.12. The molecule has 0 saturated heterocycles. The van der Waals surface area contributed by atoms with Gasteiger partial charge in [-0.1, -0.05) is 30.3 Å². The van der Waals surface area contributed by atoms with Crippen LogP contribution in [0.15, 0.2) is 48.5 Å². The van der Waals surface area contributed by atoms with Gasteiger partial charge in [0.2, 0.25) is 5.91 Å². The number of nitrogens with zero attached hydrogens (tertiary/aromatic N) is 2. The molecule has 0 spiro atoms. The molecule has 1 amide bonds. The summed E-state index contributed by atoms with van der Waals surface area (Å²) in [5.74, 6) is 0.163. The second-order valence-electron chi connectivity index (χ2n) is 6.01. The van der Waals surface area contributed by atoms with Crippen molar-refractivity contribution in [1.82, 2.24) is 0 Å². The van der Waals surface area contributed by atoms with E-state index in [0.717, 1.165) is 42.1 Å². The Bertz CT molecular complexity index is 699. The van der Waals surface area contributed by atoms with Gasteiger partial charge in [0.1, 0.15) is 0 Å². The maximum Gasteiger partial charge on any atom is 0.227 e. The van der Waals surface area contributed by atoms with Gasteiger partial charge >= 0.3 is 0 Å². The van der Waals surface area contributed by atoms with Crippen molar-refractivity contribution in [3.63, 3.8) is 0 Å². The highest BCUT2D eigenvalue weighted by Gasteiger charge is 2.22. The topological polar surface area (TPSA) is 49.6 Å². The molecule has 120 valence electrons. The van der Waals surface area contributed by atoms with E-state index < -0.39 is 0 Å². The first-order valence-corrected chi connectivity index (χ1v) is 8.11. The van der Waals surface area contributed by atoms with E-state index in [2.05, 4.69) is 18.0 Å². The van der Waals surface area contributed by atoms with Crippen LogP contribution in [0.5, 0.6) is 0 Å². The van der Waals surface area contributed by atoms with Crippen LogP contribution in [0.3, 0.4) is 0 Å². The zero-order chi connectivity index (χ0) is 16.2. The molecule has 0 atom stereocenters. The minimum Gasteiger partial charge on any atom is -0.399 e. The third-order valence-electron chi connectivity index (χ3n) is 4.42. The van der Waals surface area contributed by atoms with Gasteiger partial charge in [-0.3, -0.25) is 4.79 Å². The van der Waals surface area contributed by atoms with Crippen LogP contribution in [0, 0.1) is 0 Å². The first kappa shape index (κ1) is 15.4. The minimum atomic E-state index is 0.163. The molecule has 4 nitrogen and oxygen atoms in total. The third-order valence-corrected chi connectivity index (χ3v) is 4.42. The molecule has 0 radical (unpaired) electrons. The predicted molar refractivity (Wildman–Crippen MR) is 95.9 cm³/mol. The lowest BCUT2D eigenvalue weighted by molar-refractivity contribution is -0.118. The number of anilines is 3. The molecule has 0 fully saturated rings. The number of hydrogen-bond acceptors (Lipinski definition) is 3. The number of aryl methyl sites for hydroxylation is 1. The molecule has 2 aromatic rings. The van der Waals surface area contributed by atoms with Crippen molar-refractivity contribution < 1.29 is 4.79 Å². The number of benzene rings is 2. The number of fused-ring (bicyclic) bond motifs is 1. The van der Waals surface area contributed by atoms with Gasteiger partial charge in [-0.05, 0) is 36.6 Å². The first-order valence-electron chi connectivity index (χ1n) is 8.11. The molecule has 1 heterocycles. The predicted octanol–water partition coefficient (Wildman–Crippen LogP) is 3.07. The Kier molecular flexibility index (Phi) is 4.51. The second kappa shape index (κ2) is 6.73. The molecule has 0 unspecified atom stereocenters. The summed E-state index contributed by atoms with van der Waals surface area (Å²) in [4.78, 5) is 16.9. The molecule has 0 bridgehead atoms. The number of carbonyl (C=O) groups excluding carboxylic acids is 1. The molecule has 0 saturated carbocycles. The number of nitrogens with two attached hydrogens (primary N) is 1. The number of rotatable bonds is 3. The van der Waals surface area contributed by atoms with E-state index in [-0.39, 0.29) is 5.91 Å². The van der Waals surface area contributed by atoms with Gasteiger partial charge in [-0.2, -0.15) is 0 Å². The molecule has 23 heavy (non-hydrogen) atoms. The minimum absolute atomic E-state index is 0.163. The van der Waals surface area contributed by atoms with Crippen molar-refractivity contribution in [2.75, 3.05) is 35.7 Å². The summed E-state index contributed by atoms with van der Waals surface area (Å²) >= 11 is 0. The lowest BCUT2D eigenvalue weighted by Gasteiger charge is -2.24. The lowest BCUT2D eigenvalue weighted by Crippen LogP contribution is -2.31. The summed E-state index contributed by atoms with van der Waals surface area (Å²) in [5.41, 5.74) is 9.91. The average Bonchev–Trinajstić information content (AvgIpc) is 2.73. The molecular weight excluding hydrogens is 286 g/mol. The Balaban J connectivity index is 1.77. The second-order valence-corrected chi connectivity index (χ2v) is 6.01. The smallest absolute Gasteiger partial charge is 0.227 e. The highest BCUT2D eigenvalue weighted by Crippen LogP contribution is 2.31. The van der Waals surface area contributed by atoms with E-state index in [4.69, 9.17) is 5.73 Å². The average molecular weight is 309 g/mol. The SMILES string of the molecule is CN1CCCN(C(=O)CCc2ccccc2N)c2ccccc21. The largest absolute Gasteiger partial charge is 0.399 e. The Morgan fingerprint density at radius 3 is 2.52 bits per heavy atom. The van der Waals surface area contributed by atoms with Gasteiger partial charge in [0.15, 0.2) is 0 Å². The van der Waals surface area contributed by atoms with Crippen molar-refractivity contribution >= 4 is 23.0 Å². The number of amides is 1. The highest BCUT2D eigenvalue weighted by atomic mass is 16.2. The van der Waals surface area contributed by atoms with Crippen LogP contribution >= 0.6 is 0 Å². The van der Waals surface area contributed by atoms with Crippen LogP contribution in [-0.4, -0.2) is 26.0 Å². The van der Waals surface area contributed by atoms with Crippen molar-refractivity contribution in [1.29, 1.82) is 0 Å². The Morgan fingerprint density at radius 2 is 1.74 bits per heavy atom. The van der Waals surface area contributed by atoms with Gasteiger partial charge < -0.3 is 15.5 Å². The number of carbonyl (C=O) groups is 1. The van der Waals surface area contributed by atoms with Crippen LogP contribution in [0.1, 0.15) is 18.4 Å². The Morgan fingerprint density at radius 1 is 1.04 bits per heavy atom. The molecule has 4 heteroatoms. The number of nitrogen functional groups attached to an aromatic ring is 1. The third kappa shape index (κ3) is 3.31. The lowest BCUT2D eigenvalue weighted by atomic mass is 10.1. The molecule has 3 rings (SSSR count). The van der Waals surface area contributed by atoms with Gasteiger partial charge in [-0.25, -0.2) is 0 Å². The molecule has 1 aliphatic rings. The van der Waals surface area contributed by atoms with Crippen molar-refractivity contribution in [3.05, 3.63) is 54.1 Å². The molecular formula is C19H23N3O. The number of para-hydroxylation sites is 3. The van der Waals surface area contributed by atoms with Crippen molar-refractivity contribution in [2.24, 2.45) is 0 Å². The molecule has 2 aromatic carbocycles. The van der Waals surface area contributed by atoms with Crippen LogP contribution in [0.2, 0.25) is 0 Å². The van der Waals surface area contributed by atoms with E-state index in [0.29, 0.717) is 12.8 Å². The van der Waals surface area contributed by atoms with Crippen LogP contribution in [-0.2, 0) is 11.2 Å². The van der Waals surface area contributed by atoms with E-state index in [1.54, 1.807) is 0 Å². The van der Waals surface area contributed by atoms with Crippen LogP contribution in [0.25, 0.3) is 0 Å². The summed E-state index contributed by atoms with van der Waals surface area (Å²) in [7, 11) is 2.08. The maximum atomic E-state index is 12.8. The molecule has 1 aliphatic heterocycles. The van der Waals surface area contributed by atoms with Crippen molar-refractivity contribution in [3.8, 4) is 0 Å². The fourth-order valence-corrected chi connectivity index (χ4v) is 3.12. The zero-order valence-electron chi connectivity index (χ0n) is 13.5. The van der Waals surface area contributed by atoms with Gasteiger partial charge in [0.05, 0.1) is 11.4 Å². The standard InChI is InChI=1S/C19H23N3O/c1-21-13-6-14-22(18-10-5-4-9-17(18)21)19(23)12-11-15-7-2-3-8-16(15)20/h2-5,7-10H,6,11-14,20H2,1H3. The highest BCUT2D eigenvalue weighted by molar-refractivity contribution is 5.97. The summed E-state index contributed by atoms with van der Waals surface area (Å²) in [6.07, 6.45) is 2.14. The summed E-state index contributed by atoms with van der Waals surface area (Å²) in [6.45, 7) is 1.73. The first-order chi connectivity index (χ1) is 11.2. The molecule has 2 N–H and O–H groups in total. The number of hydrogen-bond donors (Lipinski definition) is 1. The molecule has 0 aromatic heterocycles. The van der Waals surface area contributed by atoms with E-state index in [9.17, 15) is 4.79 Å². The monoisotopic (exact) mass is 309 g/mol. The summed E-state index contributed by atoms with van der Waals surface area (Å²) in [6, 6.07) is 15.9. The van der Waals surface area contributed by atoms with Crippen LogP contribution in [0.4, 0.5) is 17.1 Å². The maximum absolute atomic E-state index is 12.8. The Labute approximate surface area is 137 Å². The van der Waals surface area contributed by atoms with Gasteiger partial charge in [-0.15, -0.1) is 0 Å². The van der Waals surface area contributed by atoms with E-state index in [1.165, 1.54) is 0 Å². The van der Waals surface area contributed by atoms with Gasteiger partial charge in [0, 0.05) is 32.2 Å². The summed E-state index contributed by atoms with van der Waals surface area (Å²) in [5, 5.41) is 0. The van der Waals surface area contributed by atoms with Gasteiger partial charge in [0.25, 0.3) is 0 Å². The Hall–Kier alpha value is -2.49. The fraction of sp³-hybridized carbons (Fsp3) is 0.316. The zero-order valence-corrected chi connectivity index (χ0v) is 13.5. The van der Waals surface area contributed by atoms with E-state index >= 15 is 0 Å². The quantitative estimate of drug-likeness (QED) is 0.887.